The Hall–Kier alpha value is -1.38. The summed E-state index contributed by atoms with van der Waals surface area (Å²) in [7, 11) is 0. The quantitative estimate of drug-likeness (QED) is 0.857. The Labute approximate surface area is 115 Å². The van der Waals surface area contributed by atoms with Gasteiger partial charge in [0.05, 0.1) is 0 Å². The van der Waals surface area contributed by atoms with Crippen molar-refractivity contribution in [2.75, 3.05) is 13.2 Å². The first-order chi connectivity index (χ1) is 9.22. The molecule has 19 heavy (non-hydrogen) atoms. The van der Waals surface area contributed by atoms with E-state index < -0.39 is 0 Å². The molecule has 0 saturated carbocycles. The molecule has 0 bridgehead atoms. The lowest BCUT2D eigenvalue weighted by Crippen LogP contribution is -2.31. The Morgan fingerprint density at radius 3 is 2.53 bits per heavy atom. The highest BCUT2D eigenvalue weighted by molar-refractivity contribution is 5.85. The van der Waals surface area contributed by atoms with Gasteiger partial charge in [-0.2, -0.15) is 0 Å². The van der Waals surface area contributed by atoms with Gasteiger partial charge in [0.2, 0.25) is 0 Å². The van der Waals surface area contributed by atoms with Crippen molar-refractivity contribution in [1.82, 2.24) is 4.90 Å². The fourth-order valence-electron chi connectivity index (χ4n) is 2.44. The van der Waals surface area contributed by atoms with E-state index >= 15 is 0 Å². The Morgan fingerprint density at radius 1 is 1.05 bits per heavy atom. The minimum atomic E-state index is 0.263. The van der Waals surface area contributed by atoms with Crippen LogP contribution in [0.25, 0.3) is 10.8 Å². The highest BCUT2D eigenvalue weighted by atomic mass is 16.3. The van der Waals surface area contributed by atoms with Crippen LogP contribution in [0, 0.1) is 0 Å². The molecule has 0 amide bonds. The van der Waals surface area contributed by atoms with Crippen molar-refractivity contribution >= 4 is 10.8 Å². The van der Waals surface area contributed by atoms with E-state index in [0.717, 1.165) is 19.5 Å². The molecule has 1 N–H and O–H groups in total. The molecule has 0 saturated heterocycles. The van der Waals surface area contributed by atoms with Gasteiger partial charge in [0.1, 0.15) is 0 Å². The molecule has 0 radical (unpaired) electrons. The number of rotatable bonds is 6. The van der Waals surface area contributed by atoms with Gasteiger partial charge in [0.25, 0.3) is 0 Å². The van der Waals surface area contributed by atoms with Crippen molar-refractivity contribution < 1.29 is 5.11 Å². The van der Waals surface area contributed by atoms with E-state index in [9.17, 15) is 0 Å². The van der Waals surface area contributed by atoms with Crippen LogP contribution in [0.4, 0.5) is 0 Å². The molecule has 102 valence electrons. The Kier molecular flexibility index (Phi) is 4.94. The molecule has 2 aromatic rings. The molecule has 2 heteroatoms. The highest BCUT2D eigenvalue weighted by Crippen LogP contribution is 2.20. The molecule has 0 spiro atoms. The molecule has 2 nitrogen and oxygen atoms in total. The maximum absolute atomic E-state index is 9.01. The Morgan fingerprint density at radius 2 is 1.79 bits per heavy atom. The zero-order valence-electron chi connectivity index (χ0n) is 11.8. The van der Waals surface area contributed by atoms with E-state index in [0.29, 0.717) is 6.04 Å². The first kappa shape index (κ1) is 14.0. The predicted octanol–water partition coefficient (Wildman–Crippen LogP) is 3.43. The molecule has 0 aliphatic carbocycles. The van der Waals surface area contributed by atoms with Crippen LogP contribution in [0.15, 0.2) is 42.5 Å². The van der Waals surface area contributed by atoms with Gasteiger partial charge in [0, 0.05) is 25.7 Å². The average molecular weight is 257 g/mol. The number of nitrogens with zero attached hydrogens (tertiary/aromatic N) is 1. The lowest BCUT2D eigenvalue weighted by molar-refractivity contribution is 0.185. The smallest absolute Gasteiger partial charge is 0.0443 e. The van der Waals surface area contributed by atoms with Gasteiger partial charge in [-0.15, -0.1) is 0 Å². The molecule has 0 aromatic heterocycles. The van der Waals surface area contributed by atoms with Gasteiger partial charge in [-0.1, -0.05) is 42.5 Å². The first-order valence-electron chi connectivity index (χ1n) is 7.04. The lowest BCUT2D eigenvalue weighted by atomic mass is 10.0. The zero-order chi connectivity index (χ0) is 13.7. The van der Waals surface area contributed by atoms with Gasteiger partial charge >= 0.3 is 0 Å². The van der Waals surface area contributed by atoms with Gasteiger partial charge in [-0.3, -0.25) is 4.90 Å². The van der Waals surface area contributed by atoms with E-state index in [1.807, 2.05) is 0 Å². The van der Waals surface area contributed by atoms with E-state index in [-0.39, 0.29) is 6.61 Å². The molecule has 0 aliphatic heterocycles. The molecule has 2 aromatic carbocycles. The summed E-state index contributed by atoms with van der Waals surface area (Å²) in [4.78, 5) is 2.41. The van der Waals surface area contributed by atoms with Gasteiger partial charge in [-0.25, -0.2) is 0 Å². The van der Waals surface area contributed by atoms with Crippen LogP contribution < -0.4 is 0 Å². The third-order valence-electron chi connectivity index (χ3n) is 3.59. The average Bonchev–Trinajstić information content (AvgIpc) is 2.43. The van der Waals surface area contributed by atoms with Crippen LogP contribution in [0.2, 0.25) is 0 Å². The number of hydrogen-bond donors (Lipinski definition) is 1. The minimum absolute atomic E-state index is 0.263. The molecule has 0 heterocycles. The minimum Gasteiger partial charge on any atom is -0.396 e. The van der Waals surface area contributed by atoms with E-state index in [1.54, 1.807) is 0 Å². The summed E-state index contributed by atoms with van der Waals surface area (Å²) in [6.07, 6.45) is 0.836. The highest BCUT2D eigenvalue weighted by Gasteiger charge is 2.11. The van der Waals surface area contributed by atoms with Crippen molar-refractivity contribution in [3.8, 4) is 0 Å². The maximum atomic E-state index is 9.01. The standard InChI is InChI=1S/C17H23NO/c1-14(2)18(11-6-12-19)13-16-9-5-8-15-7-3-4-10-17(15)16/h3-5,7-10,14,19H,6,11-13H2,1-2H3. The van der Waals surface area contributed by atoms with Crippen LogP contribution in [-0.2, 0) is 6.54 Å². The summed E-state index contributed by atoms with van der Waals surface area (Å²) < 4.78 is 0. The van der Waals surface area contributed by atoms with Crippen molar-refractivity contribution in [3.63, 3.8) is 0 Å². The summed E-state index contributed by atoms with van der Waals surface area (Å²) in [5.74, 6) is 0. The molecule has 0 atom stereocenters. The van der Waals surface area contributed by atoms with Crippen LogP contribution in [0.1, 0.15) is 25.8 Å². The van der Waals surface area contributed by atoms with Gasteiger partial charge < -0.3 is 5.11 Å². The van der Waals surface area contributed by atoms with Crippen LogP contribution in [0.5, 0.6) is 0 Å². The normalized spacial score (nSPS) is 11.6. The second-order valence-electron chi connectivity index (χ2n) is 5.28. The summed E-state index contributed by atoms with van der Waals surface area (Å²) in [5, 5.41) is 11.6. The molecule has 2 rings (SSSR count). The van der Waals surface area contributed by atoms with E-state index in [1.165, 1.54) is 16.3 Å². The third kappa shape index (κ3) is 3.55. The fraction of sp³-hybridized carbons (Fsp3) is 0.412. The molecule has 0 fully saturated rings. The molecule has 0 unspecified atom stereocenters. The second kappa shape index (κ2) is 6.69. The summed E-state index contributed by atoms with van der Waals surface area (Å²) >= 11 is 0. The molecular weight excluding hydrogens is 234 g/mol. The molecule has 0 aliphatic rings. The SMILES string of the molecule is CC(C)N(CCCO)Cc1cccc2ccccc12. The van der Waals surface area contributed by atoms with Crippen molar-refractivity contribution in [1.29, 1.82) is 0 Å². The molecular formula is C17H23NO. The third-order valence-corrected chi connectivity index (χ3v) is 3.59. The van der Waals surface area contributed by atoms with Crippen LogP contribution in [-0.4, -0.2) is 29.2 Å². The number of hydrogen-bond acceptors (Lipinski definition) is 2. The maximum Gasteiger partial charge on any atom is 0.0443 e. The number of benzene rings is 2. The van der Waals surface area contributed by atoms with E-state index in [4.69, 9.17) is 5.11 Å². The second-order valence-corrected chi connectivity index (χ2v) is 5.28. The largest absolute Gasteiger partial charge is 0.396 e. The summed E-state index contributed by atoms with van der Waals surface area (Å²) in [6.45, 7) is 6.57. The monoisotopic (exact) mass is 257 g/mol. The Bertz CT molecular complexity index is 516. The number of aliphatic hydroxyl groups is 1. The first-order valence-corrected chi connectivity index (χ1v) is 7.04. The fourth-order valence-corrected chi connectivity index (χ4v) is 2.44. The number of fused-ring (bicyclic) bond motifs is 1. The summed E-state index contributed by atoms with van der Waals surface area (Å²) in [6, 6.07) is 15.5. The summed E-state index contributed by atoms with van der Waals surface area (Å²) in [5.41, 5.74) is 1.37. The zero-order valence-corrected chi connectivity index (χ0v) is 11.8. The topological polar surface area (TPSA) is 23.5 Å². The van der Waals surface area contributed by atoms with Gasteiger partial charge in [0.15, 0.2) is 0 Å². The van der Waals surface area contributed by atoms with Crippen molar-refractivity contribution in [2.24, 2.45) is 0 Å². The Balaban J connectivity index is 2.23. The van der Waals surface area contributed by atoms with Gasteiger partial charge in [-0.05, 0) is 36.6 Å². The van der Waals surface area contributed by atoms with E-state index in [2.05, 4.69) is 61.2 Å². The number of aliphatic hydroxyl groups excluding tert-OH is 1. The van der Waals surface area contributed by atoms with Crippen molar-refractivity contribution in [2.45, 2.75) is 32.9 Å². The van der Waals surface area contributed by atoms with Crippen LogP contribution >= 0.6 is 0 Å². The lowest BCUT2D eigenvalue weighted by Gasteiger charge is -2.26. The van der Waals surface area contributed by atoms with Crippen LogP contribution in [0.3, 0.4) is 0 Å². The van der Waals surface area contributed by atoms with Crippen molar-refractivity contribution in [3.05, 3.63) is 48.0 Å². The predicted molar refractivity (Wildman–Crippen MR) is 81.2 cm³/mol.